The summed E-state index contributed by atoms with van der Waals surface area (Å²) >= 11 is 1.75. The quantitative estimate of drug-likeness (QED) is 0.896. The molecule has 4 heteroatoms. The summed E-state index contributed by atoms with van der Waals surface area (Å²) in [5, 5.41) is 3.32. The third-order valence-electron chi connectivity index (χ3n) is 3.93. The number of hydrogen-bond acceptors (Lipinski definition) is 4. The largest absolute Gasteiger partial charge is 0.318 e. The van der Waals surface area contributed by atoms with Crippen LogP contribution in [0.1, 0.15) is 49.7 Å². The number of nitrogens with two attached hydrogens (primary N) is 1. The molecule has 1 aromatic rings. The van der Waals surface area contributed by atoms with Crippen LogP contribution in [-0.4, -0.2) is 29.0 Å². The molecule has 1 atom stereocenters. The lowest BCUT2D eigenvalue weighted by Gasteiger charge is -2.22. The number of hydrogen-bond donors (Lipinski definition) is 1. The van der Waals surface area contributed by atoms with Crippen LogP contribution in [0.15, 0.2) is 5.38 Å². The maximum Gasteiger partial charge on any atom is 0.114 e. The van der Waals surface area contributed by atoms with Gasteiger partial charge in [-0.2, -0.15) is 0 Å². The van der Waals surface area contributed by atoms with Gasteiger partial charge in [0.15, 0.2) is 0 Å². The van der Waals surface area contributed by atoms with E-state index in [1.165, 1.54) is 18.5 Å². The van der Waals surface area contributed by atoms with Gasteiger partial charge in [0.1, 0.15) is 5.01 Å². The number of thiazole rings is 1. The van der Waals surface area contributed by atoms with E-state index in [2.05, 4.69) is 24.1 Å². The van der Waals surface area contributed by atoms with E-state index in [1.54, 1.807) is 11.3 Å². The normalized spacial score (nSPS) is 30.4. The zero-order chi connectivity index (χ0) is 12.0. The van der Waals surface area contributed by atoms with E-state index in [9.17, 15) is 0 Å². The molecule has 2 aliphatic rings. The highest BCUT2D eigenvalue weighted by molar-refractivity contribution is 7.09. The Balaban J connectivity index is 1.77. The van der Waals surface area contributed by atoms with Gasteiger partial charge in [-0.3, -0.25) is 4.90 Å². The lowest BCUT2D eigenvalue weighted by atomic mass is 10.0. The van der Waals surface area contributed by atoms with Crippen LogP contribution in [0, 0.1) is 0 Å². The van der Waals surface area contributed by atoms with Crippen molar-refractivity contribution in [2.24, 2.45) is 5.73 Å². The Kier molecular flexibility index (Phi) is 2.76. The molecular weight excluding hydrogens is 230 g/mol. The summed E-state index contributed by atoms with van der Waals surface area (Å²) in [5.41, 5.74) is 7.57. The highest BCUT2D eigenvalue weighted by Crippen LogP contribution is 2.38. The smallest absolute Gasteiger partial charge is 0.114 e. The summed E-state index contributed by atoms with van der Waals surface area (Å²) in [5.74, 6) is 0.504. The van der Waals surface area contributed by atoms with E-state index >= 15 is 0 Å². The first-order valence-electron chi connectivity index (χ1n) is 6.57. The van der Waals surface area contributed by atoms with E-state index in [0.29, 0.717) is 5.92 Å². The summed E-state index contributed by atoms with van der Waals surface area (Å²) < 4.78 is 0. The molecule has 2 heterocycles. The fourth-order valence-electron chi connectivity index (χ4n) is 2.57. The molecule has 0 bridgehead atoms. The first-order chi connectivity index (χ1) is 8.08. The van der Waals surface area contributed by atoms with Crippen LogP contribution in [0.3, 0.4) is 0 Å². The van der Waals surface area contributed by atoms with Crippen LogP contribution in [0.4, 0.5) is 0 Å². The number of likely N-dealkylation sites (tertiary alicyclic amines) is 1. The third kappa shape index (κ3) is 2.14. The summed E-state index contributed by atoms with van der Waals surface area (Å²) in [4.78, 5) is 7.30. The van der Waals surface area contributed by atoms with Crippen LogP contribution in [0.2, 0.25) is 0 Å². The van der Waals surface area contributed by atoms with Gasteiger partial charge in [-0.05, 0) is 25.2 Å². The van der Waals surface area contributed by atoms with Crippen LogP contribution >= 0.6 is 11.3 Å². The maximum absolute atomic E-state index is 6.56. The van der Waals surface area contributed by atoms with Gasteiger partial charge in [0.05, 0.1) is 11.2 Å². The molecule has 3 nitrogen and oxygen atoms in total. The minimum absolute atomic E-state index is 0.180. The molecule has 0 aromatic carbocycles. The second kappa shape index (κ2) is 4.04. The standard InChI is InChI=1S/C13H21N3S/c1-9(2)11-7-17-12(15-11)13(14)5-6-16(8-13)10-3-4-10/h7,9-10H,3-6,8,14H2,1-2H3. The third-order valence-corrected chi connectivity index (χ3v) is 5.01. The average Bonchev–Trinajstić information content (AvgIpc) is 2.87. The van der Waals surface area contributed by atoms with Gasteiger partial charge in [-0.1, -0.05) is 13.8 Å². The minimum atomic E-state index is -0.180. The Morgan fingerprint density at radius 3 is 2.88 bits per heavy atom. The molecule has 0 amide bonds. The maximum atomic E-state index is 6.56. The molecule has 1 aliphatic carbocycles. The molecule has 1 saturated heterocycles. The fraction of sp³-hybridized carbons (Fsp3) is 0.769. The van der Waals surface area contributed by atoms with Crippen molar-refractivity contribution in [1.82, 2.24) is 9.88 Å². The molecule has 94 valence electrons. The fourth-order valence-corrected chi connectivity index (χ4v) is 3.69. The predicted molar refractivity (Wildman–Crippen MR) is 71.3 cm³/mol. The van der Waals surface area contributed by atoms with Crippen LogP contribution in [0.5, 0.6) is 0 Å². The SMILES string of the molecule is CC(C)c1csc(C2(N)CCN(C3CC3)C2)n1. The Hall–Kier alpha value is -0.450. The van der Waals surface area contributed by atoms with Crippen molar-refractivity contribution in [2.45, 2.75) is 50.6 Å². The van der Waals surface area contributed by atoms with Gasteiger partial charge in [0, 0.05) is 24.5 Å². The van der Waals surface area contributed by atoms with Crippen molar-refractivity contribution in [3.05, 3.63) is 16.1 Å². The van der Waals surface area contributed by atoms with Gasteiger partial charge in [0.2, 0.25) is 0 Å². The highest BCUT2D eigenvalue weighted by atomic mass is 32.1. The molecular formula is C13H21N3S. The van der Waals surface area contributed by atoms with Gasteiger partial charge in [-0.25, -0.2) is 4.98 Å². The van der Waals surface area contributed by atoms with Gasteiger partial charge in [-0.15, -0.1) is 11.3 Å². The predicted octanol–water partition coefficient (Wildman–Crippen LogP) is 2.29. The molecule has 1 saturated carbocycles. The van der Waals surface area contributed by atoms with Crippen LogP contribution in [0.25, 0.3) is 0 Å². The number of nitrogens with zero attached hydrogens (tertiary/aromatic N) is 2. The topological polar surface area (TPSA) is 42.1 Å². The lowest BCUT2D eigenvalue weighted by Crippen LogP contribution is -2.40. The lowest BCUT2D eigenvalue weighted by molar-refractivity contribution is 0.302. The van der Waals surface area contributed by atoms with Gasteiger partial charge < -0.3 is 5.73 Å². The van der Waals surface area contributed by atoms with Crippen molar-refractivity contribution in [3.63, 3.8) is 0 Å². The van der Waals surface area contributed by atoms with Crippen LogP contribution in [-0.2, 0) is 5.54 Å². The minimum Gasteiger partial charge on any atom is -0.318 e. The average molecular weight is 251 g/mol. The summed E-state index contributed by atoms with van der Waals surface area (Å²) in [6.45, 7) is 6.53. The van der Waals surface area contributed by atoms with E-state index in [4.69, 9.17) is 10.7 Å². The molecule has 3 rings (SSSR count). The molecule has 1 aliphatic heterocycles. The van der Waals surface area contributed by atoms with E-state index < -0.39 is 0 Å². The molecule has 1 unspecified atom stereocenters. The molecule has 2 fully saturated rings. The molecule has 1 aromatic heterocycles. The van der Waals surface area contributed by atoms with E-state index in [0.717, 1.165) is 30.6 Å². The molecule has 0 radical (unpaired) electrons. The van der Waals surface area contributed by atoms with E-state index in [1.807, 2.05) is 0 Å². The van der Waals surface area contributed by atoms with Crippen molar-refractivity contribution in [2.75, 3.05) is 13.1 Å². The summed E-state index contributed by atoms with van der Waals surface area (Å²) in [6, 6.07) is 0.824. The zero-order valence-electron chi connectivity index (χ0n) is 10.6. The molecule has 17 heavy (non-hydrogen) atoms. The molecule has 0 spiro atoms. The number of rotatable bonds is 3. The first-order valence-corrected chi connectivity index (χ1v) is 7.45. The van der Waals surface area contributed by atoms with Crippen molar-refractivity contribution >= 4 is 11.3 Å². The Morgan fingerprint density at radius 2 is 2.29 bits per heavy atom. The Bertz CT molecular complexity index is 411. The monoisotopic (exact) mass is 251 g/mol. The van der Waals surface area contributed by atoms with E-state index in [-0.39, 0.29) is 5.54 Å². The highest BCUT2D eigenvalue weighted by Gasteiger charge is 2.43. The zero-order valence-corrected chi connectivity index (χ0v) is 11.5. The summed E-state index contributed by atoms with van der Waals surface area (Å²) in [6.07, 6.45) is 3.80. The molecule has 2 N–H and O–H groups in total. The van der Waals surface area contributed by atoms with Gasteiger partial charge in [0.25, 0.3) is 0 Å². The Morgan fingerprint density at radius 1 is 1.53 bits per heavy atom. The van der Waals surface area contributed by atoms with Crippen molar-refractivity contribution in [3.8, 4) is 0 Å². The second-order valence-electron chi connectivity index (χ2n) is 5.84. The van der Waals surface area contributed by atoms with Crippen molar-refractivity contribution in [1.29, 1.82) is 0 Å². The van der Waals surface area contributed by atoms with Gasteiger partial charge >= 0.3 is 0 Å². The first kappa shape index (κ1) is 11.6. The Labute approximate surface area is 107 Å². The van der Waals surface area contributed by atoms with Crippen molar-refractivity contribution < 1.29 is 0 Å². The van der Waals surface area contributed by atoms with Crippen LogP contribution < -0.4 is 5.73 Å². The summed E-state index contributed by atoms with van der Waals surface area (Å²) in [7, 11) is 0. The number of aromatic nitrogens is 1. The second-order valence-corrected chi connectivity index (χ2v) is 6.70.